The van der Waals surface area contributed by atoms with E-state index in [0.29, 0.717) is 58.5 Å². The number of sulfonamides is 1. The summed E-state index contributed by atoms with van der Waals surface area (Å²) < 4.78 is 38.4. The standard InChI is InChI=1S/C21H31FN4O4S/c1-31(29,30)26-11-2-3-17(8-10-23-20(27)9-12-26)21(28)25-15-13-24(14-16-25)19-6-4-18(22)5-7-19/h4-7,17H,2-3,8-16H2,1H3,(H,23,27). The SMILES string of the molecule is CS(=O)(=O)N1CCCC(C(=O)N2CCN(c3ccc(F)cc3)CC2)CCNC(=O)CC1. The van der Waals surface area contributed by atoms with Crippen LogP contribution in [0.15, 0.2) is 24.3 Å². The van der Waals surface area contributed by atoms with Crippen molar-refractivity contribution in [2.45, 2.75) is 25.7 Å². The lowest BCUT2D eigenvalue weighted by Crippen LogP contribution is -2.50. The van der Waals surface area contributed by atoms with Crippen LogP contribution in [0.2, 0.25) is 0 Å². The van der Waals surface area contributed by atoms with E-state index in [9.17, 15) is 22.4 Å². The molecule has 172 valence electrons. The van der Waals surface area contributed by atoms with Crippen LogP contribution >= 0.6 is 0 Å². The van der Waals surface area contributed by atoms with E-state index in [2.05, 4.69) is 10.2 Å². The molecule has 1 aromatic rings. The molecular weight excluding hydrogens is 423 g/mol. The van der Waals surface area contributed by atoms with Gasteiger partial charge in [-0.25, -0.2) is 17.1 Å². The van der Waals surface area contributed by atoms with Crippen molar-refractivity contribution in [2.24, 2.45) is 5.92 Å². The summed E-state index contributed by atoms with van der Waals surface area (Å²) in [5.41, 5.74) is 0.937. The Labute approximate surface area is 183 Å². The molecule has 1 atom stereocenters. The van der Waals surface area contributed by atoms with Gasteiger partial charge in [-0.1, -0.05) is 0 Å². The number of rotatable bonds is 3. The van der Waals surface area contributed by atoms with Crippen LogP contribution in [-0.4, -0.2) is 81.5 Å². The first-order valence-electron chi connectivity index (χ1n) is 10.7. The van der Waals surface area contributed by atoms with Crippen LogP contribution < -0.4 is 10.2 Å². The molecule has 8 nitrogen and oxygen atoms in total. The smallest absolute Gasteiger partial charge is 0.225 e. The van der Waals surface area contributed by atoms with Gasteiger partial charge in [0.15, 0.2) is 0 Å². The Morgan fingerprint density at radius 2 is 1.71 bits per heavy atom. The summed E-state index contributed by atoms with van der Waals surface area (Å²) in [5, 5.41) is 2.80. The van der Waals surface area contributed by atoms with Gasteiger partial charge >= 0.3 is 0 Å². The van der Waals surface area contributed by atoms with Gasteiger partial charge in [-0.3, -0.25) is 9.59 Å². The lowest BCUT2D eigenvalue weighted by Gasteiger charge is -2.37. The van der Waals surface area contributed by atoms with Gasteiger partial charge in [-0.2, -0.15) is 0 Å². The summed E-state index contributed by atoms with van der Waals surface area (Å²) in [6.07, 6.45) is 2.97. The number of anilines is 1. The minimum atomic E-state index is -3.39. The number of halogens is 1. The molecule has 1 N–H and O–H groups in total. The molecule has 0 saturated carbocycles. The summed E-state index contributed by atoms with van der Waals surface area (Å²) in [6, 6.07) is 6.35. The Bertz CT molecular complexity index is 870. The molecule has 2 saturated heterocycles. The third-order valence-electron chi connectivity index (χ3n) is 5.96. The molecule has 2 aliphatic heterocycles. The molecule has 0 spiro atoms. The van der Waals surface area contributed by atoms with Crippen LogP contribution in [0.5, 0.6) is 0 Å². The second-order valence-corrected chi connectivity index (χ2v) is 10.2. The van der Waals surface area contributed by atoms with E-state index in [-0.39, 0.29) is 36.5 Å². The van der Waals surface area contributed by atoms with E-state index in [4.69, 9.17) is 0 Å². The van der Waals surface area contributed by atoms with Gasteiger partial charge in [-0.05, 0) is 43.5 Å². The van der Waals surface area contributed by atoms with E-state index < -0.39 is 10.0 Å². The first kappa shape index (κ1) is 23.5. The largest absolute Gasteiger partial charge is 0.368 e. The number of piperazine rings is 1. The Morgan fingerprint density at radius 1 is 1.03 bits per heavy atom. The minimum absolute atomic E-state index is 0.0538. The van der Waals surface area contributed by atoms with Crippen LogP contribution in [0.3, 0.4) is 0 Å². The van der Waals surface area contributed by atoms with Gasteiger partial charge in [0.2, 0.25) is 21.8 Å². The summed E-state index contributed by atoms with van der Waals surface area (Å²) in [4.78, 5) is 29.1. The highest BCUT2D eigenvalue weighted by molar-refractivity contribution is 7.88. The highest BCUT2D eigenvalue weighted by Gasteiger charge is 2.28. The Morgan fingerprint density at radius 3 is 2.35 bits per heavy atom. The van der Waals surface area contributed by atoms with Crippen LogP contribution in [0.1, 0.15) is 25.7 Å². The molecule has 0 radical (unpaired) electrons. The van der Waals surface area contributed by atoms with Gasteiger partial charge in [-0.15, -0.1) is 0 Å². The fraction of sp³-hybridized carbons (Fsp3) is 0.619. The maximum atomic E-state index is 13.2. The molecule has 2 amide bonds. The zero-order valence-electron chi connectivity index (χ0n) is 17.9. The molecule has 1 unspecified atom stereocenters. The number of nitrogens with one attached hydrogen (secondary N) is 1. The van der Waals surface area contributed by atoms with Gasteiger partial charge < -0.3 is 15.1 Å². The molecule has 0 aromatic heterocycles. The highest BCUT2D eigenvalue weighted by Crippen LogP contribution is 2.21. The Balaban J connectivity index is 1.59. The van der Waals surface area contributed by atoms with Crippen molar-refractivity contribution in [1.82, 2.24) is 14.5 Å². The molecule has 2 fully saturated rings. The van der Waals surface area contributed by atoms with Crippen LogP contribution in [0.4, 0.5) is 10.1 Å². The maximum absolute atomic E-state index is 13.2. The van der Waals surface area contributed by atoms with Crippen LogP contribution in [0.25, 0.3) is 0 Å². The van der Waals surface area contributed by atoms with E-state index in [1.807, 2.05) is 4.90 Å². The van der Waals surface area contributed by atoms with Gasteiger partial charge in [0.1, 0.15) is 5.82 Å². The van der Waals surface area contributed by atoms with Crippen molar-refractivity contribution >= 4 is 27.5 Å². The monoisotopic (exact) mass is 454 g/mol. The summed E-state index contributed by atoms with van der Waals surface area (Å²) in [6.45, 7) is 3.38. The first-order chi connectivity index (χ1) is 14.7. The van der Waals surface area contributed by atoms with E-state index >= 15 is 0 Å². The number of amides is 2. The second-order valence-electron chi connectivity index (χ2n) is 8.18. The number of hydrogen-bond donors (Lipinski definition) is 1. The average molecular weight is 455 g/mol. The number of carbonyl (C=O) groups is 2. The van der Waals surface area contributed by atoms with Crippen molar-refractivity contribution in [3.05, 3.63) is 30.1 Å². The zero-order valence-corrected chi connectivity index (χ0v) is 18.7. The topological polar surface area (TPSA) is 90.0 Å². The normalized spacial score (nSPS) is 22.5. The number of carbonyl (C=O) groups excluding carboxylic acids is 2. The van der Waals surface area contributed by atoms with Crippen molar-refractivity contribution in [1.29, 1.82) is 0 Å². The summed E-state index contributed by atoms with van der Waals surface area (Å²) in [5.74, 6) is -0.670. The lowest BCUT2D eigenvalue weighted by atomic mass is 9.97. The number of benzene rings is 1. The molecule has 0 bridgehead atoms. The predicted molar refractivity (Wildman–Crippen MR) is 117 cm³/mol. The molecule has 2 aliphatic rings. The fourth-order valence-electron chi connectivity index (χ4n) is 4.14. The highest BCUT2D eigenvalue weighted by atomic mass is 32.2. The predicted octanol–water partition coefficient (Wildman–Crippen LogP) is 1.04. The molecule has 3 rings (SSSR count). The third-order valence-corrected chi connectivity index (χ3v) is 7.27. The van der Waals surface area contributed by atoms with Crippen LogP contribution in [0, 0.1) is 11.7 Å². The van der Waals surface area contributed by atoms with E-state index in [1.165, 1.54) is 16.4 Å². The Kier molecular flexibility index (Phi) is 7.88. The van der Waals surface area contributed by atoms with Gasteiger partial charge in [0.05, 0.1) is 6.26 Å². The van der Waals surface area contributed by atoms with Crippen molar-refractivity contribution in [2.75, 3.05) is 57.0 Å². The lowest BCUT2D eigenvalue weighted by molar-refractivity contribution is -0.136. The van der Waals surface area contributed by atoms with Crippen molar-refractivity contribution < 1.29 is 22.4 Å². The molecule has 2 heterocycles. The minimum Gasteiger partial charge on any atom is -0.368 e. The zero-order chi connectivity index (χ0) is 22.4. The summed E-state index contributed by atoms with van der Waals surface area (Å²) >= 11 is 0. The Hall–Kier alpha value is -2.20. The van der Waals surface area contributed by atoms with Crippen LogP contribution in [-0.2, 0) is 19.6 Å². The van der Waals surface area contributed by atoms with E-state index in [1.54, 1.807) is 12.1 Å². The van der Waals surface area contributed by atoms with Crippen molar-refractivity contribution in [3.8, 4) is 0 Å². The van der Waals surface area contributed by atoms with Gasteiger partial charge in [0, 0.05) is 63.8 Å². The average Bonchev–Trinajstić information content (AvgIpc) is 2.78. The van der Waals surface area contributed by atoms with Gasteiger partial charge in [0.25, 0.3) is 0 Å². The van der Waals surface area contributed by atoms with E-state index in [0.717, 1.165) is 11.9 Å². The maximum Gasteiger partial charge on any atom is 0.225 e. The summed E-state index contributed by atoms with van der Waals surface area (Å²) in [7, 11) is -3.39. The third kappa shape index (κ3) is 6.64. The molecule has 31 heavy (non-hydrogen) atoms. The second kappa shape index (κ2) is 10.4. The molecule has 0 aliphatic carbocycles. The van der Waals surface area contributed by atoms with Crippen molar-refractivity contribution in [3.63, 3.8) is 0 Å². The quantitative estimate of drug-likeness (QED) is 0.737. The number of hydrogen-bond acceptors (Lipinski definition) is 5. The number of nitrogens with zero attached hydrogens (tertiary/aromatic N) is 3. The molecule has 1 aromatic carbocycles. The molecule has 10 heteroatoms. The fourth-order valence-corrected chi connectivity index (χ4v) is 5.03. The molecular formula is C21H31FN4O4S. The first-order valence-corrected chi connectivity index (χ1v) is 12.6.